The minimum absolute atomic E-state index is 0.455. The zero-order valence-corrected chi connectivity index (χ0v) is 18.4. The van der Waals surface area contributed by atoms with Crippen LogP contribution >= 0.6 is 11.3 Å². The van der Waals surface area contributed by atoms with Gasteiger partial charge in [0.2, 0.25) is 0 Å². The molecule has 0 N–H and O–H groups in total. The highest BCUT2D eigenvalue weighted by molar-refractivity contribution is 7.10. The number of hydrogen-bond donors (Lipinski definition) is 0. The second-order valence-corrected chi connectivity index (χ2v) is 9.16. The number of nitrogens with zero attached hydrogens (tertiary/aromatic N) is 1. The maximum atomic E-state index is 6.04. The maximum absolute atomic E-state index is 6.04. The van der Waals surface area contributed by atoms with Gasteiger partial charge in [0, 0.05) is 17.3 Å². The molecular weight excluding hydrogens is 374 g/mol. The van der Waals surface area contributed by atoms with E-state index in [2.05, 4.69) is 78.7 Å². The smallest absolute Gasteiger partial charge is 0.119 e. The van der Waals surface area contributed by atoms with Gasteiger partial charge in [0.1, 0.15) is 5.75 Å². The third-order valence-corrected chi connectivity index (χ3v) is 6.99. The molecular formula is C26H31NOS. The number of ether oxygens (including phenoxy) is 1. The Kier molecular flexibility index (Phi) is 6.68. The second-order valence-electron chi connectivity index (χ2n) is 8.18. The second kappa shape index (κ2) is 9.60. The molecule has 1 aromatic heterocycles. The van der Waals surface area contributed by atoms with Gasteiger partial charge < -0.3 is 4.74 Å². The van der Waals surface area contributed by atoms with Crippen molar-refractivity contribution in [3.63, 3.8) is 0 Å². The van der Waals surface area contributed by atoms with E-state index in [0.717, 1.165) is 31.7 Å². The van der Waals surface area contributed by atoms with Crippen LogP contribution < -0.4 is 4.74 Å². The highest BCUT2D eigenvalue weighted by atomic mass is 32.1. The fourth-order valence-corrected chi connectivity index (χ4v) is 4.80. The Morgan fingerprint density at radius 2 is 1.83 bits per heavy atom. The molecule has 0 aliphatic carbocycles. The number of likely N-dealkylation sites (tertiary alicyclic amines) is 1. The summed E-state index contributed by atoms with van der Waals surface area (Å²) in [6, 6.07) is 20.0. The molecule has 1 fully saturated rings. The molecule has 0 saturated carbocycles. The van der Waals surface area contributed by atoms with Crippen molar-refractivity contribution in [1.82, 2.24) is 4.90 Å². The van der Waals surface area contributed by atoms with Gasteiger partial charge in [-0.25, -0.2) is 0 Å². The average molecular weight is 406 g/mol. The molecule has 1 unspecified atom stereocenters. The molecule has 0 spiro atoms. The summed E-state index contributed by atoms with van der Waals surface area (Å²) in [7, 11) is 0. The Labute approximate surface area is 179 Å². The van der Waals surface area contributed by atoms with E-state index < -0.39 is 0 Å². The Bertz CT molecular complexity index is 897. The van der Waals surface area contributed by atoms with Crippen molar-refractivity contribution in [3.05, 3.63) is 87.1 Å². The van der Waals surface area contributed by atoms with Crippen LogP contribution in [-0.2, 0) is 6.54 Å². The lowest BCUT2D eigenvalue weighted by Gasteiger charge is -2.30. The zero-order valence-electron chi connectivity index (χ0n) is 17.6. The van der Waals surface area contributed by atoms with E-state index in [1.54, 1.807) is 0 Å². The Hall–Kier alpha value is -2.10. The van der Waals surface area contributed by atoms with Crippen molar-refractivity contribution in [2.75, 3.05) is 19.7 Å². The first-order chi connectivity index (χ1) is 14.2. The van der Waals surface area contributed by atoms with Crippen LogP contribution in [0.25, 0.3) is 0 Å². The van der Waals surface area contributed by atoms with Gasteiger partial charge in [0.05, 0.1) is 6.61 Å². The summed E-state index contributed by atoms with van der Waals surface area (Å²) in [5.41, 5.74) is 5.54. The van der Waals surface area contributed by atoms with E-state index in [0.29, 0.717) is 5.92 Å². The normalized spacial score (nSPS) is 15.1. The number of rotatable bonds is 9. The van der Waals surface area contributed by atoms with Crippen LogP contribution in [0.1, 0.15) is 52.3 Å². The number of hydrogen-bond acceptors (Lipinski definition) is 3. The molecule has 0 radical (unpaired) electrons. The summed E-state index contributed by atoms with van der Waals surface area (Å²) in [5.74, 6) is 1.44. The molecule has 1 aliphatic heterocycles. The van der Waals surface area contributed by atoms with E-state index >= 15 is 0 Å². The van der Waals surface area contributed by atoms with E-state index in [1.165, 1.54) is 46.6 Å². The van der Waals surface area contributed by atoms with Crippen molar-refractivity contribution >= 4 is 11.3 Å². The van der Waals surface area contributed by atoms with Crippen molar-refractivity contribution in [3.8, 4) is 5.75 Å². The van der Waals surface area contributed by atoms with E-state index in [1.807, 2.05) is 11.3 Å². The van der Waals surface area contributed by atoms with Gasteiger partial charge in [-0.05, 0) is 92.0 Å². The fraction of sp³-hybridized carbons (Fsp3) is 0.385. The van der Waals surface area contributed by atoms with Crippen molar-refractivity contribution < 1.29 is 4.74 Å². The predicted molar refractivity (Wildman–Crippen MR) is 123 cm³/mol. The molecule has 0 bridgehead atoms. The number of thiophene rings is 1. The lowest BCUT2D eigenvalue weighted by atomic mass is 9.90. The van der Waals surface area contributed by atoms with Crippen molar-refractivity contribution in [2.24, 2.45) is 0 Å². The van der Waals surface area contributed by atoms with Gasteiger partial charge in [0.25, 0.3) is 0 Å². The van der Waals surface area contributed by atoms with E-state index in [9.17, 15) is 0 Å². The fourth-order valence-electron chi connectivity index (χ4n) is 3.91. The quantitative estimate of drug-likeness (QED) is 0.374. The third kappa shape index (κ3) is 5.29. The van der Waals surface area contributed by atoms with Crippen molar-refractivity contribution in [2.45, 2.75) is 45.6 Å². The Morgan fingerprint density at radius 1 is 1.00 bits per heavy atom. The van der Waals surface area contributed by atoms with Gasteiger partial charge in [-0.1, -0.05) is 36.4 Å². The summed E-state index contributed by atoms with van der Waals surface area (Å²) in [5, 5.41) is 2.18. The molecule has 2 nitrogen and oxygen atoms in total. The zero-order chi connectivity index (χ0) is 20.1. The van der Waals surface area contributed by atoms with Crippen molar-refractivity contribution in [1.29, 1.82) is 0 Å². The van der Waals surface area contributed by atoms with Crippen LogP contribution in [0.4, 0.5) is 0 Å². The minimum atomic E-state index is 0.455. The molecule has 1 atom stereocenters. The summed E-state index contributed by atoms with van der Waals surface area (Å²) < 4.78 is 6.04. The van der Waals surface area contributed by atoms with Crippen LogP contribution in [0.3, 0.4) is 0 Å². The van der Waals surface area contributed by atoms with E-state index in [-0.39, 0.29) is 0 Å². The first-order valence-corrected chi connectivity index (χ1v) is 11.6. The maximum Gasteiger partial charge on any atom is 0.119 e. The minimum Gasteiger partial charge on any atom is -0.494 e. The first kappa shape index (κ1) is 20.2. The van der Waals surface area contributed by atoms with E-state index in [4.69, 9.17) is 4.74 Å². The molecule has 4 rings (SSSR count). The summed E-state index contributed by atoms with van der Waals surface area (Å²) >= 11 is 1.86. The largest absolute Gasteiger partial charge is 0.494 e. The van der Waals surface area contributed by atoms with Gasteiger partial charge in [-0.2, -0.15) is 0 Å². The third-order valence-electron chi connectivity index (χ3n) is 6.00. The summed E-state index contributed by atoms with van der Waals surface area (Å²) in [4.78, 5) is 3.93. The monoisotopic (exact) mass is 405 g/mol. The highest BCUT2D eigenvalue weighted by Gasteiger charge is 2.16. The van der Waals surface area contributed by atoms with Gasteiger partial charge in [0.15, 0.2) is 0 Å². The molecule has 1 aliphatic rings. The van der Waals surface area contributed by atoms with Crippen LogP contribution in [-0.4, -0.2) is 24.6 Å². The number of benzene rings is 2. The lowest BCUT2D eigenvalue weighted by Crippen LogP contribution is -2.36. The van der Waals surface area contributed by atoms with Gasteiger partial charge in [-0.3, -0.25) is 4.90 Å². The summed E-state index contributed by atoms with van der Waals surface area (Å²) in [6.07, 6.45) is 3.50. The molecule has 0 amide bonds. The molecule has 2 heterocycles. The molecule has 3 aromatic rings. The van der Waals surface area contributed by atoms with Crippen LogP contribution in [0, 0.1) is 13.8 Å². The predicted octanol–water partition coefficient (Wildman–Crippen LogP) is 6.56. The standard InChI is InChI=1S/C26H31NOS/c1-20-8-11-23(18-21(20)2)25(26-7-4-17-29-26)6-3-16-28-24-12-9-22(10-13-24)19-27-14-5-15-27/h4,7-13,17-18,25H,3,5-6,14-16,19H2,1-2H3. The topological polar surface area (TPSA) is 12.5 Å². The van der Waals surface area contributed by atoms with Crippen LogP contribution in [0.15, 0.2) is 60.0 Å². The van der Waals surface area contributed by atoms with Crippen LogP contribution in [0.2, 0.25) is 0 Å². The molecule has 3 heteroatoms. The Morgan fingerprint density at radius 3 is 2.48 bits per heavy atom. The lowest BCUT2D eigenvalue weighted by molar-refractivity contribution is 0.172. The molecule has 1 saturated heterocycles. The SMILES string of the molecule is Cc1ccc(C(CCCOc2ccc(CN3CCC3)cc2)c2cccs2)cc1C. The van der Waals surface area contributed by atoms with Gasteiger partial charge in [-0.15, -0.1) is 11.3 Å². The Balaban J connectivity index is 1.31. The van der Waals surface area contributed by atoms with Gasteiger partial charge >= 0.3 is 0 Å². The molecule has 152 valence electrons. The average Bonchev–Trinajstić information content (AvgIpc) is 3.22. The first-order valence-electron chi connectivity index (χ1n) is 10.7. The molecule has 29 heavy (non-hydrogen) atoms. The summed E-state index contributed by atoms with van der Waals surface area (Å²) in [6.45, 7) is 8.70. The number of aryl methyl sites for hydroxylation is 2. The molecule has 2 aromatic carbocycles. The van der Waals surface area contributed by atoms with Crippen LogP contribution in [0.5, 0.6) is 5.75 Å². The highest BCUT2D eigenvalue weighted by Crippen LogP contribution is 2.33.